The molecule has 0 spiro atoms. The molecule has 6 nitrogen and oxygen atoms in total. The number of para-hydroxylation sites is 1. The van der Waals surface area contributed by atoms with Crippen LogP contribution in [-0.4, -0.2) is 42.3 Å². The molecule has 0 fully saturated rings. The molecule has 25 heavy (non-hydrogen) atoms. The minimum Gasteiger partial charge on any atom is -0.372 e. The van der Waals surface area contributed by atoms with Gasteiger partial charge in [0, 0.05) is 38.1 Å². The Morgan fingerprint density at radius 3 is 2.60 bits per heavy atom. The highest BCUT2D eigenvalue weighted by Gasteiger charge is 2.03. The number of benzene rings is 1. The van der Waals surface area contributed by atoms with Crippen molar-refractivity contribution < 1.29 is 0 Å². The summed E-state index contributed by atoms with van der Waals surface area (Å²) >= 11 is 0. The number of rotatable bonds is 9. The van der Waals surface area contributed by atoms with Gasteiger partial charge in [-0.3, -0.25) is 5.10 Å². The molecule has 0 aliphatic heterocycles. The highest BCUT2D eigenvalue weighted by atomic mass is 127. The first kappa shape index (κ1) is 21.3. The predicted molar refractivity (Wildman–Crippen MR) is 116 cm³/mol. The highest BCUT2D eigenvalue weighted by Crippen LogP contribution is 2.12. The molecule has 1 aromatic heterocycles. The number of hydrogen-bond acceptors (Lipinski definition) is 3. The van der Waals surface area contributed by atoms with E-state index in [4.69, 9.17) is 0 Å². The Labute approximate surface area is 167 Å². The molecule has 0 amide bonds. The van der Waals surface area contributed by atoms with Gasteiger partial charge in [0.1, 0.15) is 0 Å². The number of aromatic nitrogens is 2. The van der Waals surface area contributed by atoms with E-state index >= 15 is 0 Å². The summed E-state index contributed by atoms with van der Waals surface area (Å²) in [6, 6.07) is 12.5. The lowest BCUT2D eigenvalue weighted by Crippen LogP contribution is -2.38. The van der Waals surface area contributed by atoms with Crippen molar-refractivity contribution in [1.29, 1.82) is 0 Å². The Morgan fingerprint density at radius 2 is 1.96 bits per heavy atom. The number of guanidine groups is 1. The third-order valence-corrected chi connectivity index (χ3v) is 3.71. The third kappa shape index (κ3) is 7.76. The van der Waals surface area contributed by atoms with E-state index in [1.54, 1.807) is 6.20 Å². The SMILES string of the molecule is CCNC(=NCc1ccn[nH]1)NCCCN(CC)c1ccccc1.I. The number of nitrogens with zero attached hydrogens (tertiary/aromatic N) is 3. The van der Waals surface area contributed by atoms with Crippen molar-refractivity contribution >= 4 is 35.6 Å². The Bertz CT molecular complexity index is 585. The van der Waals surface area contributed by atoms with Gasteiger partial charge in [-0.2, -0.15) is 5.10 Å². The summed E-state index contributed by atoms with van der Waals surface area (Å²) in [5.41, 5.74) is 2.29. The van der Waals surface area contributed by atoms with Crippen LogP contribution < -0.4 is 15.5 Å². The van der Waals surface area contributed by atoms with Gasteiger partial charge >= 0.3 is 0 Å². The number of aliphatic imine (C=N–C) groups is 1. The fourth-order valence-corrected chi connectivity index (χ4v) is 2.46. The van der Waals surface area contributed by atoms with E-state index in [1.165, 1.54) is 5.69 Å². The monoisotopic (exact) mass is 456 g/mol. The number of H-pyrrole nitrogens is 1. The molecule has 0 radical (unpaired) electrons. The normalized spacial score (nSPS) is 10.9. The average Bonchev–Trinajstić information content (AvgIpc) is 3.14. The quantitative estimate of drug-likeness (QED) is 0.235. The average molecular weight is 456 g/mol. The summed E-state index contributed by atoms with van der Waals surface area (Å²) in [5, 5.41) is 13.5. The maximum absolute atomic E-state index is 4.56. The van der Waals surface area contributed by atoms with E-state index in [0.29, 0.717) is 6.54 Å². The van der Waals surface area contributed by atoms with Crippen LogP contribution in [0.2, 0.25) is 0 Å². The van der Waals surface area contributed by atoms with Crippen LogP contribution in [0.1, 0.15) is 26.0 Å². The standard InChI is InChI=1S/C18H28N6.HI/c1-3-19-18(21-15-16-11-13-22-23-16)20-12-8-14-24(4-2)17-9-6-5-7-10-17;/h5-7,9-11,13H,3-4,8,12,14-15H2,1-2H3,(H,22,23)(H2,19,20,21);1H. The van der Waals surface area contributed by atoms with Crippen LogP contribution in [0.4, 0.5) is 5.69 Å². The largest absolute Gasteiger partial charge is 0.372 e. The minimum atomic E-state index is 0. The smallest absolute Gasteiger partial charge is 0.191 e. The summed E-state index contributed by atoms with van der Waals surface area (Å²) in [7, 11) is 0. The molecular weight excluding hydrogens is 427 g/mol. The van der Waals surface area contributed by atoms with E-state index < -0.39 is 0 Å². The predicted octanol–water partition coefficient (Wildman–Crippen LogP) is 3.00. The molecule has 2 aromatic rings. The lowest BCUT2D eigenvalue weighted by Gasteiger charge is -2.23. The van der Waals surface area contributed by atoms with Crippen molar-refractivity contribution in [3.05, 3.63) is 48.3 Å². The molecule has 0 unspecified atom stereocenters. The van der Waals surface area contributed by atoms with Crippen LogP contribution in [0.5, 0.6) is 0 Å². The van der Waals surface area contributed by atoms with Gasteiger partial charge in [-0.1, -0.05) is 18.2 Å². The first-order valence-electron chi connectivity index (χ1n) is 8.64. The van der Waals surface area contributed by atoms with Crippen molar-refractivity contribution in [1.82, 2.24) is 20.8 Å². The highest BCUT2D eigenvalue weighted by molar-refractivity contribution is 14.0. The molecule has 138 valence electrons. The minimum absolute atomic E-state index is 0. The molecule has 7 heteroatoms. The van der Waals surface area contributed by atoms with Crippen molar-refractivity contribution in [2.24, 2.45) is 4.99 Å². The zero-order chi connectivity index (χ0) is 17.0. The number of nitrogens with one attached hydrogen (secondary N) is 3. The zero-order valence-electron chi connectivity index (χ0n) is 15.0. The van der Waals surface area contributed by atoms with Gasteiger partial charge in [-0.05, 0) is 38.5 Å². The molecule has 0 saturated carbocycles. The Balaban J connectivity index is 0.00000312. The molecule has 1 aromatic carbocycles. The number of aromatic amines is 1. The molecule has 0 aliphatic carbocycles. The molecule has 0 saturated heterocycles. The lowest BCUT2D eigenvalue weighted by atomic mass is 10.2. The molecule has 0 bridgehead atoms. The second-order valence-corrected chi connectivity index (χ2v) is 5.47. The van der Waals surface area contributed by atoms with Crippen molar-refractivity contribution in [3.63, 3.8) is 0 Å². The van der Waals surface area contributed by atoms with Crippen LogP contribution in [0.25, 0.3) is 0 Å². The van der Waals surface area contributed by atoms with Crippen molar-refractivity contribution in [3.8, 4) is 0 Å². The van der Waals surface area contributed by atoms with E-state index in [1.807, 2.05) is 6.07 Å². The Morgan fingerprint density at radius 1 is 1.16 bits per heavy atom. The number of hydrogen-bond donors (Lipinski definition) is 3. The molecule has 0 aliphatic rings. The van der Waals surface area contributed by atoms with Crippen LogP contribution >= 0.6 is 24.0 Å². The topological polar surface area (TPSA) is 68.3 Å². The van der Waals surface area contributed by atoms with E-state index in [0.717, 1.165) is 44.3 Å². The summed E-state index contributed by atoms with van der Waals surface area (Å²) in [6.07, 6.45) is 2.80. The first-order valence-corrected chi connectivity index (χ1v) is 8.64. The molecule has 2 rings (SSSR count). The molecular formula is C18H29IN6. The molecule has 1 heterocycles. The maximum atomic E-state index is 4.56. The van der Waals surface area contributed by atoms with Gasteiger partial charge in [-0.25, -0.2) is 4.99 Å². The fraction of sp³-hybridized carbons (Fsp3) is 0.444. The van der Waals surface area contributed by atoms with Crippen LogP contribution in [0.15, 0.2) is 47.6 Å². The van der Waals surface area contributed by atoms with E-state index in [9.17, 15) is 0 Å². The Hall–Kier alpha value is -1.77. The van der Waals surface area contributed by atoms with Gasteiger partial charge in [0.2, 0.25) is 0 Å². The van der Waals surface area contributed by atoms with Gasteiger partial charge in [0.05, 0.1) is 12.2 Å². The summed E-state index contributed by atoms with van der Waals surface area (Å²) in [5.74, 6) is 0.842. The van der Waals surface area contributed by atoms with Gasteiger partial charge in [0.15, 0.2) is 5.96 Å². The second-order valence-electron chi connectivity index (χ2n) is 5.47. The molecule has 3 N–H and O–H groups in total. The molecule has 0 atom stereocenters. The Kier molecular flexibility index (Phi) is 10.7. The van der Waals surface area contributed by atoms with Crippen molar-refractivity contribution in [2.45, 2.75) is 26.8 Å². The number of halogens is 1. The fourth-order valence-electron chi connectivity index (χ4n) is 2.46. The van der Waals surface area contributed by atoms with Gasteiger partial charge in [0.25, 0.3) is 0 Å². The van der Waals surface area contributed by atoms with Gasteiger partial charge in [-0.15, -0.1) is 24.0 Å². The summed E-state index contributed by atoms with van der Waals surface area (Å²) < 4.78 is 0. The van der Waals surface area contributed by atoms with E-state index in [2.05, 4.69) is 74.9 Å². The van der Waals surface area contributed by atoms with Crippen LogP contribution in [-0.2, 0) is 6.54 Å². The first-order chi connectivity index (χ1) is 11.8. The summed E-state index contributed by atoms with van der Waals surface area (Å²) in [4.78, 5) is 6.95. The van der Waals surface area contributed by atoms with E-state index in [-0.39, 0.29) is 24.0 Å². The van der Waals surface area contributed by atoms with Gasteiger partial charge < -0.3 is 15.5 Å². The zero-order valence-corrected chi connectivity index (χ0v) is 17.4. The van der Waals surface area contributed by atoms with Crippen molar-refractivity contribution in [2.75, 3.05) is 31.1 Å². The van der Waals surface area contributed by atoms with Crippen LogP contribution in [0, 0.1) is 0 Å². The number of anilines is 1. The summed E-state index contributed by atoms with van der Waals surface area (Å²) in [6.45, 7) is 8.63. The second kappa shape index (κ2) is 12.6. The maximum Gasteiger partial charge on any atom is 0.191 e. The van der Waals surface area contributed by atoms with Crippen LogP contribution in [0.3, 0.4) is 0 Å². The lowest BCUT2D eigenvalue weighted by molar-refractivity contribution is 0.708. The third-order valence-electron chi connectivity index (χ3n) is 3.71.